The quantitative estimate of drug-likeness (QED) is 0.0677. The lowest BCUT2D eigenvalue weighted by Crippen LogP contribution is -2.64. The molecule has 0 spiro atoms. The van der Waals surface area contributed by atoms with Crippen LogP contribution in [0.3, 0.4) is 0 Å². The maximum Gasteiger partial charge on any atom is 0.193 e. The van der Waals surface area contributed by atoms with E-state index in [-0.39, 0.29) is 30.1 Å². The first kappa shape index (κ1) is 54.0. The normalized spacial score (nSPS) is 23.0. The highest BCUT2D eigenvalue weighted by Crippen LogP contribution is 2.49. The molecule has 0 unspecified atom stereocenters. The molecule has 0 amide bonds. The molecule has 2 aliphatic heterocycles. The zero-order valence-electron chi connectivity index (χ0n) is 40.9. The summed E-state index contributed by atoms with van der Waals surface area (Å²) in [4.78, 5) is 0. The standard InChI is InChI=1S/C51H98O6Si3/c1-10-19-33-58(34-20-11-2,35-21-12-3)54-43-46-49(56-59(36-22-13-4,37-23-14-5)38-24-15-6)50(57-60(39-25-16-7,40-26-17-8)41-27-18-9)47-45(42-53-51(47)55-46)48(52)44-31-29-28-30-32-44/h28-32,45-52H,10-27,33-43H2,1-9H3/t45-,46-,47-,48-,49-,50-,51+/m1/s1. The number of unbranched alkanes of at least 4 members (excludes halogenated alkanes) is 9. The third kappa shape index (κ3) is 16.6. The van der Waals surface area contributed by atoms with Crippen LogP contribution in [0.5, 0.6) is 0 Å². The molecular formula is C51H98O6Si3. The van der Waals surface area contributed by atoms with Gasteiger partial charge in [-0.2, -0.15) is 0 Å². The van der Waals surface area contributed by atoms with Gasteiger partial charge in [-0.25, -0.2) is 0 Å². The smallest absolute Gasteiger partial charge is 0.193 e. The van der Waals surface area contributed by atoms with Crippen LogP contribution in [-0.2, 0) is 22.8 Å². The van der Waals surface area contributed by atoms with Gasteiger partial charge >= 0.3 is 0 Å². The average molecular weight is 892 g/mol. The fraction of sp³-hybridized carbons (Fsp3) is 0.882. The van der Waals surface area contributed by atoms with Crippen LogP contribution in [0.25, 0.3) is 0 Å². The van der Waals surface area contributed by atoms with Gasteiger partial charge in [0.2, 0.25) is 0 Å². The number of benzene rings is 1. The molecule has 1 aromatic carbocycles. The van der Waals surface area contributed by atoms with Gasteiger partial charge < -0.3 is 27.9 Å². The lowest BCUT2D eigenvalue weighted by molar-refractivity contribution is -0.254. The summed E-state index contributed by atoms with van der Waals surface area (Å²) in [6.45, 7) is 22.1. The first-order chi connectivity index (χ1) is 29.2. The minimum absolute atomic E-state index is 0.115. The molecule has 0 aliphatic carbocycles. The van der Waals surface area contributed by atoms with Crippen LogP contribution >= 0.6 is 0 Å². The molecule has 9 heteroatoms. The van der Waals surface area contributed by atoms with E-state index < -0.39 is 37.3 Å². The van der Waals surface area contributed by atoms with E-state index in [2.05, 4.69) is 86.6 Å². The summed E-state index contributed by atoms with van der Waals surface area (Å²) < 4.78 is 38.3. The van der Waals surface area contributed by atoms with Crippen molar-refractivity contribution < 1.29 is 27.9 Å². The third-order valence-electron chi connectivity index (χ3n) is 14.4. The summed E-state index contributed by atoms with van der Waals surface area (Å²) in [5, 5.41) is 12.4. The molecule has 2 fully saturated rings. The Labute approximate surface area is 375 Å². The lowest BCUT2D eigenvalue weighted by Gasteiger charge is -2.52. The van der Waals surface area contributed by atoms with E-state index in [4.69, 9.17) is 22.8 Å². The van der Waals surface area contributed by atoms with Crippen molar-refractivity contribution in [2.75, 3.05) is 13.2 Å². The Kier molecular flexibility index (Phi) is 26.9. The van der Waals surface area contributed by atoms with Crippen molar-refractivity contribution >= 4 is 25.0 Å². The summed E-state index contributed by atoms with van der Waals surface area (Å²) in [6.07, 6.45) is 20.0. The Hall–Kier alpha value is -0.369. The van der Waals surface area contributed by atoms with Crippen molar-refractivity contribution in [3.63, 3.8) is 0 Å². The highest BCUT2D eigenvalue weighted by atomic mass is 28.4. The first-order valence-corrected chi connectivity index (χ1v) is 33.8. The number of hydrogen-bond acceptors (Lipinski definition) is 6. The van der Waals surface area contributed by atoms with Gasteiger partial charge in [0.05, 0.1) is 31.5 Å². The van der Waals surface area contributed by atoms with Crippen LogP contribution in [0, 0.1) is 11.8 Å². The van der Waals surface area contributed by atoms with Gasteiger partial charge in [-0.05, 0) is 60.0 Å². The van der Waals surface area contributed by atoms with Crippen LogP contribution in [-0.4, -0.2) is 67.9 Å². The SMILES string of the molecule is CCCC[Si](CCCC)(CCCC)OC[C@H]1O[C@@H]2OC[C@@H]([C@H](O)c3ccccc3)[C@@H]2[C@@H](O[Si](CCCC)(CCCC)CCCC)[C@@H]1O[Si](CCCC)(CCCC)CCCC. The van der Waals surface area contributed by atoms with E-state index in [0.29, 0.717) is 13.2 Å². The van der Waals surface area contributed by atoms with Gasteiger partial charge in [0.15, 0.2) is 31.2 Å². The number of fused-ring (bicyclic) bond motifs is 1. The predicted molar refractivity (Wildman–Crippen MR) is 263 cm³/mol. The Balaban J connectivity index is 2.32. The second kappa shape index (κ2) is 30.0. The fourth-order valence-corrected chi connectivity index (χ4v) is 25.1. The average Bonchev–Trinajstić information content (AvgIpc) is 3.71. The molecule has 60 heavy (non-hydrogen) atoms. The topological polar surface area (TPSA) is 66.4 Å². The molecular weight excluding hydrogens is 793 g/mol. The maximum atomic E-state index is 12.4. The Bertz CT molecular complexity index is 1140. The van der Waals surface area contributed by atoms with E-state index in [0.717, 1.165) is 5.56 Å². The number of aliphatic hydroxyl groups is 1. The Morgan fingerprint density at radius 3 is 1.28 bits per heavy atom. The summed E-state index contributed by atoms with van der Waals surface area (Å²) in [7, 11) is -6.60. The molecule has 350 valence electrons. The second-order valence-electron chi connectivity index (χ2n) is 19.4. The molecule has 1 aromatic rings. The summed E-state index contributed by atoms with van der Waals surface area (Å²) in [5.41, 5.74) is 0.955. The van der Waals surface area contributed by atoms with Gasteiger partial charge in [-0.3, -0.25) is 0 Å². The third-order valence-corrected chi connectivity index (χ3v) is 28.1. The maximum absolute atomic E-state index is 12.4. The largest absolute Gasteiger partial charge is 0.414 e. The van der Waals surface area contributed by atoms with E-state index in [9.17, 15) is 5.11 Å². The van der Waals surface area contributed by atoms with Crippen molar-refractivity contribution in [2.45, 2.75) is 263 Å². The van der Waals surface area contributed by atoms with Crippen LogP contribution < -0.4 is 0 Å². The van der Waals surface area contributed by atoms with E-state index in [1.807, 2.05) is 6.07 Å². The number of rotatable bonds is 36. The minimum Gasteiger partial charge on any atom is -0.414 e. The van der Waals surface area contributed by atoms with Gasteiger partial charge in [-0.15, -0.1) is 0 Å². The summed E-state index contributed by atoms with van der Waals surface area (Å²) >= 11 is 0. The Morgan fingerprint density at radius 1 is 0.533 bits per heavy atom. The second-order valence-corrected chi connectivity index (χ2v) is 31.8. The van der Waals surface area contributed by atoms with Crippen molar-refractivity contribution in [3.05, 3.63) is 35.9 Å². The van der Waals surface area contributed by atoms with E-state index in [1.165, 1.54) is 170 Å². The molecule has 0 aromatic heterocycles. The van der Waals surface area contributed by atoms with Crippen LogP contribution in [0.1, 0.15) is 190 Å². The highest BCUT2D eigenvalue weighted by molar-refractivity contribution is 6.74. The molecule has 0 radical (unpaired) electrons. The van der Waals surface area contributed by atoms with Crippen molar-refractivity contribution in [3.8, 4) is 0 Å². The molecule has 2 heterocycles. The molecule has 2 saturated heterocycles. The van der Waals surface area contributed by atoms with Gasteiger partial charge in [0.25, 0.3) is 0 Å². The van der Waals surface area contributed by atoms with E-state index in [1.54, 1.807) is 0 Å². The minimum atomic E-state index is -2.27. The van der Waals surface area contributed by atoms with E-state index >= 15 is 0 Å². The molecule has 6 nitrogen and oxygen atoms in total. The number of hydrogen-bond donors (Lipinski definition) is 1. The monoisotopic (exact) mass is 891 g/mol. The summed E-state index contributed by atoms with van der Waals surface area (Å²) in [6, 6.07) is 21.2. The van der Waals surface area contributed by atoms with Crippen LogP contribution in [0.15, 0.2) is 30.3 Å². The van der Waals surface area contributed by atoms with Gasteiger partial charge in [0.1, 0.15) is 6.10 Å². The van der Waals surface area contributed by atoms with Crippen molar-refractivity contribution in [2.24, 2.45) is 11.8 Å². The Morgan fingerprint density at radius 2 is 0.900 bits per heavy atom. The molecule has 2 aliphatic rings. The van der Waals surface area contributed by atoms with Crippen molar-refractivity contribution in [1.29, 1.82) is 0 Å². The number of aliphatic hydroxyl groups excluding tert-OH is 1. The zero-order valence-corrected chi connectivity index (χ0v) is 43.9. The van der Waals surface area contributed by atoms with Crippen molar-refractivity contribution in [1.82, 2.24) is 0 Å². The molecule has 3 rings (SSSR count). The first-order valence-electron chi connectivity index (χ1n) is 26.2. The molecule has 0 saturated carbocycles. The molecule has 1 N–H and O–H groups in total. The van der Waals surface area contributed by atoms with Gasteiger partial charge in [-0.1, -0.05) is 208 Å². The summed E-state index contributed by atoms with van der Waals surface area (Å²) in [5.74, 6) is -0.258. The van der Waals surface area contributed by atoms with Crippen LogP contribution in [0.2, 0.25) is 54.4 Å². The molecule has 0 bridgehead atoms. The zero-order chi connectivity index (χ0) is 43.7. The predicted octanol–water partition coefficient (Wildman–Crippen LogP) is 15.5. The fourth-order valence-electron chi connectivity index (χ4n) is 10.5. The lowest BCUT2D eigenvalue weighted by atomic mass is 9.79. The van der Waals surface area contributed by atoms with Crippen LogP contribution in [0.4, 0.5) is 0 Å². The highest BCUT2D eigenvalue weighted by Gasteiger charge is 2.59. The number of ether oxygens (including phenoxy) is 2. The van der Waals surface area contributed by atoms with Gasteiger partial charge in [0, 0.05) is 11.8 Å². The molecule has 7 atom stereocenters.